The monoisotopic (exact) mass is 251 g/mol. The maximum atomic E-state index is 9.51. The molecule has 2 aromatic rings. The highest BCUT2D eigenvalue weighted by atomic mass is 32.2. The molecule has 1 N–H and O–H groups in total. The smallest absolute Gasteiger partial charge is 0.232 e. The van der Waals surface area contributed by atoms with Crippen LogP contribution >= 0.6 is 23.1 Å². The first kappa shape index (κ1) is 11.1. The average Bonchev–Trinajstić information content (AvgIpc) is 2.76. The molecule has 16 heavy (non-hydrogen) atoms. The largest absolute Gasteiger partial charge is 0.507 e. The minimum Gasteiger partial charge on any atom is -0.507 e. The number of aromatic nitrogens is 2. The fourth-order valence-corrected chi connectivity index (χ4v) is 2.16. The van der Waals surface area contributed by atoms with Crippen LogP contribution in [0.3, 0.4) is 0 Å². The third-order valence-electron chi connectivity index (χ3n) is 1.82. The molecule has 0 aliphatic heterocycles. The molecule has 0 fully saturated rings. The predicted molar refractivity (Wildman–Crippen MR) is 67.1 cm³/mol. The van der Waals surface area contributed by atoms with Crippen LogP contribution in [0, 0.1) is 0 Å². The van der Waals surface area contributed by atoms with Crippen molar-refractivity contribution < 1.29 is 5.11 Å². The van der Waals surface area contributed by atoms with Crippen molar-refractivity contribution in [3.63, 3.8) is 0 Å². The van der Waals surface area contributed by atoms with Gasteiger partial charge >= 0.3 is 0 Å². The third-order valence-corrected chi connectivity index (χ3v) is 3.63. The van der Waals surface area contributed by atoms with Crippen molar-refractivity contribution >= 4 is 34.4 Å². The molecule has 6 heteroatoms. The van der Waals surface area contributed by atoms with E-state index in [0.29, 0.717) is 10.7 Å². The summed E-state index contributed by atoms with van der Waals surface area (Å²) in [5.74, 6) is 0.209. The lowest BCUT2D eigenvalue weighted by molar-refractivity contribution is 0.474. The second-order valence-electron chi connectivity index (χ2n) is 2.87. The minimum atomic E-state index is 0.209. The maximum Gasteiger partial charge on any atom is 0.232 e. The summed E-state index contributed by atoms with van der Waals surface area (Å²) in [6, 6.07) is 7.02. The van der Waals surface area contributed by atoms with Crippen molar-refractivity contribution in [3.05, 3.63) is 29.8 Å². The standard InChI is InChI=1S/C10H9N3OS2/c1-15-10-13-12-9(16-10)11-6-7-4-2-3-5-8(7)14/h2-6,14H,1H3/b11-6+. The predicted octanol–water partition coefficient (Wildman–Crippen LogP) is 2.72. The van der Waals surface area contributed by atoms with Gasteiger partial charge in [-0.2, -0.15) is 0 Å². The second kappa shape index (κ2) is 5.09. The number of aliphatic imine (C=N–C) groups is 1. The lowest BCUT2D eigenvalue weighted by Crippen LogP contribution is -1.80. The lowest BCUT2D eigenvalue weighted by atomic mass is 10.2. The van der Waals surface area contributed by atoms with Gasteiger partial charge in [0, 0.05) is 11.8 Å². The molecule has 0 aliphatic carbocycles. The van der Waals surface area contributed by atoms with Crippen LogP contribution < -0.4 is 0 Å². The Bertz CT molecular complexity index is 510. The van der Waals surface area contributed by atoms with Crippen molar-refractivity contribution in [3.8, 4) is 5.75 Å². The summed E-state index contributed by atoms with van der Waals surface area (Å²) in [7, 11) is 0. The third kappa shape index (κ3) is 2.59. The second-order valence-corrected chi connectivity index (χ2v) is 4.88. The maximum absolute atomic E-state index is 9.51. The molecule has 0 saturated heterocycles. The van der Waals surface area contributed by atoms with E-state index in [9.17, 15) is 5.11 Å². The number of benzene rings is 1. The topological polar surface area (TPSA) is 58.4 Å². The Morgan fingerprint density at radius 3 is 2.88 bits per heavy atom. The Balaban J connectivity index is 2.18. The van der Waals surface area contributed by atoms with E-state index in [1.165, 1.54) is 23.1 Å². The molecule has 0 spiro atoms. The van der Waals surface area contributed by atoms with Crippen molar-refractivity contribution in [2.75, 3.05) is 6.26 Å². The molecule has 1 aromatic carbocycles. The van der Waals surface area contributed by atoms with Gasteiger partial charge in [-0.05, 0) is 18.4 Å². The Kier molecular flexibility index (Phi) is 3.53. The minimum absolute atomic E-state index is 0.209. The van der Waals surface area contributed by atoms with Crippen LogP contribution in [-0.4, -0.2) is 27.8 Å². The zero-order valence-corrected chi connectivity index (χ0v) is 10.1. The van der Waals surface area contributed by atoms with E-state index in [0.717, 1.165) is 4.34 Å². The number of phenols is 1. The number of nitrogens with zero attached hydrogens (tertiary/aromatic N) is 3. The number of phenolic OH excluding ortho intramolecular Hbond substituents is 1. The highest BCUT2D eigenvalue weighted by molar-refractivity contribution is 8.00. The molecule has 2 rings (SSSR count). The zero-order chi connectivity index (χ0) is 11.4. The van der Waals surface area contributed by atoms with Crippen LogP contribution in [0.25, 0.3) is 0 Å². The van der Waals surface area contributed by atoms with Crippen LogP contribution in [0.4, 0.5) is 5.13 Å². The summed E-state index contributed by atoms with van der Waals surface area (Å²) in [6.07, 6.45) is 3.52. The Morgan fingerprint density at radius 2 is 2.19 bits per heavy atom. The molecule has 0 atom stereocenters. The van der Waals surface area contributed by atoms with Gasteiger partial charge in [0.2, 0.25) is 5.13 Å². The first-order chi connectivity index (χ1) is 7.79. The van der Waals surface area contributed by atoms with Crippen LogP contribution in [0.1, 0.15) is 5.56 Å². The van der Waals surface area contributed by atoms with Gasteiger partial charge in [0.15, 0.2) is 4.34 Å². The number of hydrogen-bond donors (Lipinski definition) is 1. The number of hydrogen-bond acceptors (Lipinski definition) is 6. The van der Waals surface area contributed by atoms with Gasteiger partial charge in [-0.25, -0.2) is 4.99 Å². The summed E-state index contributed by atoms with van der Waals surface area (Å²) in [5, 5.41) is 17.9. The van der Waals surface area contributed by atoms with E-state index in [4.69, 9.17) is 0 Å². The quantitative estimate of drug-likeness (QED) is 0.673. The first-order valence-corrected chi connectivity index (χ1v) is 6.53. The number of aromatic hydroxyl groups is 1. The number of para-hydroxylation sites is 1. The average molecular weight is 251 g/mol. The Labute approximate surface area is 101 Å². The molecule has 0 radical (unpaired) electrons. The molecule has 1 heterocycles. The van der Waals surface area contributed by atoms with E-state index in [1.54, 1.807) is 24.4 Å². The summed E-state index contributed by atoms with van der Waals surface area (Å²) in [5.41, 5.74) is 0.670. The molecule has 0 saturated carbocycles. The van der Waals surface area contributed by atoms with Gasteiger partial charge < -0.3 is 5.11 Å². The molecular formula is C10H9N3OS2. The molecule has 4 nitrogen and oxygen atoms in total. The van der Waals surface area contributed by atoms with Gasteiger partial charge in [0.1, 0.15) is 5.75 Å². The van der Waals surface area contributed by atoms with E-state index < -0.39 is 0 Å². The molecular weight excluding hydrogens is 242 g/mol. The Morgan fingerprint density at radius 1 is 1.38 bits per heavy atom. The van der Waals surface area contributed by atoms with Crippen molar-refractivity contribution in [1.29, 1.82) is 0 Å². The van der Waals surface area contributed by atoms with Crippen molar-refractivity contribution in [2.45, 2.75) is 4.34 Å². The van der Waals surface area contributed by atoms with E-state index >= 15 is 0 Å². The highest BCUT2D eigenvalue weighted by Crippen LogP contribution is 2.25. The van der Waals surface area contributed by atoms with Crippen molar-refractivity contribution in [1.82, 2.24) is 10.2 Å². The van der Waals surface area contributed by atoms with Crippen LogP contribution in [0.5, 0.6) is 5.75 Å². The van der Waals surface area contributed by atoms with Crippen LogP contribution in [0.2, 0.25) is 0 Å². The van der Waals surface area contributed by atoms with Gasteiger partial charge in [-0.3, -0.25) is 0 Å². The molecule has 0 amide bonds. The number of rotatable bonds is 3. The van der Waals surface area contributed by atoms with E-state index in [-0.39, 0.29) is 5.75 Å². The number of thioether (sulfide) groups is 1. The SMILES string of the molecule is CSc1nnc(/N=C/c2ccccc2O)s1. The van der Waals surface area contributed by atoms with Gasteiger partial charge in [0.25, 0.3) is 0 Å². The Hall–Kier alpha value is -1.40. The van der Waals surface area contributed by atoms with Gasteiger partial charge in [-0.1, -0.05) is 35.2 Å². The van der Waals surface area contributed by atoms with Crippen molar-refractivity contribution in [2.24, 2.45) is 4.99 Å². The highest BCUT2D eigenvalue weighted by Gasteiger charge is 2.00. The fraction of sp³-hybridized carbons (Fsp3) is 0.100. The molecule has 1 aromatic heterocycles. The van der Waals surface area contributed by atoms with E-state index in [1.807, 2.05) is 12.3 Å². The van der Waals surface area contributed by atoms with Crippen LogP contribution in [-0.2, 0) is 0 Å². The summed E-state index contributed by atoms with van der Waals surface area (Å²) >= 11 is 2.96. The zero-order valence-electron chi connectivity index (χ0n) is 8.49. The van der Waals surface area contributed by atoms with Gasteiger partial charge in [-0.15, -0.1) is 10.2 Å². The summed E-state index contributed by atoms with van der Waals surface area (Å²) < 4.78 is 0.879. The normalized spacial score (nSPS) is 11.1. The summed E-state index contributed by atoms with van der Waals surface area (Å²) in [6.45, 7) is 0. The molecule has 0 aliphatic rings. The van der Waals surface area contributed by atoms with Crippen LogP contribution in [0.15, 0.2) is 33.6 Å². The molecule has 82 valence electrons. The lowest BCUT2D eigenvalue weighted by Gasteiger charge is -1.94. The summed E-state index contributed by atoms with van der Waals surface area (Å²) in [4.78, 5) is 4.15. The molecule has 0 bridgehead atoms. The first-order valence-electron chi connectivity index (χ1n) is 4.49. The fourth-order valence-electron chi connectivity index (χ4n) is 1.06. The van der Waals surface area contributed by atoms with Gasteiger partial charge in [0.05, 0.1) is 0 Å². The molecule has 0 unspecified atom stereocenters. The van der Waals surface area contributed by atoms with E-state index in [2.05, 4.69) is 15.2 Å².